The van der Waals surface area contributed by atoms with Crippen molar-refractivity contribution in [2.45, 2.75) is 38.1 Å². The largest absolute Gasteiger partial charge is 0.350 e. The highest BCUT2D eigenvalue weighted by Crippen LogP contribution is 2.32. The van der Waals surface area contributed by atoms with Crippen molar-refractivity contribution >= 4 is 23.0 Å². The maximum Gasteiger partial charge on any atom is 0.119 e. The van der Waals surface area contributed by atoms with Gasteiger partial charge in [0.1, 0.15) is 6.29 Å². The minimum Gasteiger partial charge on any atom is -0.350 e. The molecule has 0 radical (unpaired) electrons. The number of aromatic nitrogens is 2. The second-order valence-electron chi connectivity index (χ2n) is 7.37. The molecule has 2 atom stereocenters. The fraction of sp³-hybridized carbons (Fsp3) is 0.364. The van der Waals surface area contributed by atoms with Crippen molar-refractivity contribution in [3.63, 3.8) is 0 Å². The molecule has 2 unspecified atom stereocenters. The molecule has 5 heteroatoms. The lowest BCUT2D eigenvalue weighted by Gasteiger charge is -2.26. The summed E-state index contributed by atoms with van der Waals surface area (Å²) in [5.41, 5.74) is 5.94. The van der Waals surface area contributed by atoms with Crippen LogP contribution in [0.25, 0.3) is 11.0 Å². The van der Waals surface area contributed by atoms with Crippen molar-refractivity contribution in [1.29, 1.82) is 0 Å². The smallest absolute Gasteiger partial charge is 0.119 e. The van der Waals surface area contributed by atoms with E-state index in [4.69, 9.17) is 0 Å². The lowest BCUT2D eigenvalue weighted by molar-refractivity contribution is -0.107. The SMILES string of the molecule is CC(CCCC=O)c1ccc(C2CNCN2c2ccc3nc[nH]c3c2)cc1. The lowest BCUT2D eigenvalue weighted by Crippen LogP contribution is -2.24. The summed E-state index contributed by atoms with van der Waals surface area (Å²) >= 11 is 0. The Hall–Kier alpha value is -2.66. The molecular formula is C22H26N4O. The van der Waals surface area contributed by atoms with Crippen LogP contribution in [0.5, 0.6) is 0 Å². The summed E-state index contributed by atoms with van der Waals surface area (Å²) in [4.78, 5) is 20.4. The molecule has 0 bridgehead atoms. The Balaban J connectivity index is 1.50. The van der Waals surface area contributed by atoms with Crippen LogP contribution in [0.3, 0.4) is 0 Å². The first-order valence-electron chi connectivity index (χ1n) is 9.70. The van der Waals surface area contributed by atoms with E-state index in [9.17, 15) is 4.79 Å². The van der Waals surface area contributed by atoms with E-state index in [2.05, 4.69) is 69.6 Å². The molecule has 4 rings (SSSR count). The van der Waals surface area contributed by atoms with Gasteiger partial charge < -0.3 is 14.7 Å². The van der Waals surface area contributed by atoms with E-state index in [1.807, 2.05) is 0 Å². The number of anilines is 1. The normalized spacial score (nSPS) is 18.1. The van der Waals surface area contributed by atoms with E-state index in [1.54, 1.807) is 6.33 Å². The van der Waals surface area contributed by atoms with E-state index in [-0.39, 0.29) is 0 Å². The van der Waals surface area contributed by atoms with Gasteiger partial charge in [-0.05, 0) is 48.1 Å². The van der Waals surface area contributed by atoms with E-state index in [0.717, 1.165) is 43.4 Å². The zero-order valence-corrected chi connectivity index (χ0v) is 15.7. The van der Waals surface area contributed by atoms with Crippen LogP contribution in [0.15, 0.2) is 48.8 Å². The van der Waals surface area contributed by atoms with Crippen LogP contribution in [0.1, 0.15) is 49.3 Å². The van der Waals surface area contributed by atoms with Crippen molar-refractivity contribution in [3.8, 4) is 0 Å². The Morgan fingerprint density at radius 3 is 2.93 bits per heavy atom. The van der Waals surface area contributed by atoms with Crippen molar-refractivity contribution in [2.75, 3.05) is 18.1 Å². The van der Waals surface area contributed by atoms with Gasteiger partial charge in [-0.3, -0.25) is 5.32 Å². The van der Waals surface area contributed by atoms with Crippen LogP contribution in [0, 0.1) is 0 Å². The van der Waals surface area contributed by atoms with Gasteiger partial charge in [-0.2, -0.15) is 0 Å². The first-order chi connectivity index (χ1) is 13.3. The topological polar surface area (TPSA) is 61.0 Å². The van der Waals surface area contributed by atoms with E-state index in [0.29, 0.717) is 18.4 Å². The predicted octanol–water partition coefficient (Wildman–Crippen LogP) is 4.14. The monoisotopic (exact) mass is 362 g/mol. The quantitative estimate of drug-likeness (QED) is 0.490. The summed E-state index contributed by atoms with van der Waals surface area (Å²) < 4.78 is 0. The van der Waals surface area contributed by atoms with Gasteiger partial charge in [-0.1, -0.05) is 31.2 Å². The third kappa shape index (κ3) is 3.74. The number of carbonyl (C=O) groups is 1. The number of hydrogen-bond acceptors (Lipinski definition) is 4. The van der Waals surface area contributed by atoms with Crippen LogP contribution in [-0.2, 0) is 4.79 Å². The standard InChI is InChI=1S/C22H26N4O/c1-16(4-2-3-11-27)17-5-7-18(8-6-17)22-13-23-15-26(22)19-9-10-20-21(12-19)25-14-24-20/h5-12,14,16,22-23H,2-4,13,15H2,1H3,(H,24,25). The molecule has 140 valence electrons. The highest BCUT2D eigenvalue weighted by Gasteiger charge is 2.26. The number of benzene rings is 2. The zero-order valence-electron chi connectivity index (χ0n) is 15.7. The van der Waals surface area contributed by atoms with Gasteiger partial charge in [0, 0.05) is 18.7 Å². The molecule has 1 aromatic heterocycles. The third-order valence-corrected chi connectivity index (χ3v) is 5.58. The van der Waals surface area contributed by atoms with E-state index < -0.39 is 0 Å². The molecule has 27 heavy (non-hydrogen) atoms. The first-order valence-corrected chi connectivity index (χ1v) is 9.70. The van der Waals surface area contributed by atoms with Crippen molar-refractivity contribution in [2.24, 2.45) is 0 Å². The van der Waals surface area contributed by atoms with Gasteiger partial charge in [-0.15, -0.1) is 0 Å². The molecular weight excluding hydrogens is 336 g/mol. The fourth-order valence-electron chi connectivity index (χ4n) is 3.93. The Morgan fingerprint density at radius 2 is 2.11 bits per heavy atom. The van der Waals surface area contributed by atoms with Gasteiger partial charge in [0.15, 0.2) is 0 Å². The minimum absolute atomic E-state index is 0.324. The molecule has 2 N–H and O–H groups in total. The van der Waals surface area contributed by atoms with Crippen molar-refractivity contribution < 1.29 is 4.79 Å². The number of nitrogens with one attached hydrogen (secondary N) is 2. The minimum atomic E-state index is 0.324. The molecule has 1 fully saturated rings. The van der Waals surface area contributed by atoms with Gasteiger partial charge >= 0.3 is 0 Å². The summed E-state index contributed by atoms with van der Waals surface area (Å²) in [6.07, 6.45) is 5.43. The molecule has 0 saturated carbocycles. The van der Waals surface area contributed by atoms with Crippen molar-refractivity contribution in [3.05, 3.63) is 59.9 Å². The van der Waals surface area contributed by atoms with E-state index in [1.165, 1.54) is 16.8 Å². The number of hydrogen-bond donors (Lipinski definition) is 2. The second-order valence-corrected chi connectivity index (χ2v) is 7.37. The molecule has 0 amide bonds. The summed E-state index contributed by atoms with van der Waals surface area (Å²) in [5, 5.41) is 3.50. The Kier molecular flexibility index (Phi) is 5.21. The van der Waals surface area contributed by atoms with Crippen LogP contribution in [-0.4, -0.2) is 29.5 Å². The van der Waals surface area contributed by atoms with Crippen LogP contribution in [0.4, 0.5) is 5.69 Å². The predicted molar refractivity (Wildman–Crippen MR) is 109 cm³/mol. The number of fused-ring (bicyclic) bond motifs is 1. The maximum absolute atomic E-state index is 10.5. The number of aldehydes is 1. The molecule has 2 aromatic carbocycles. The summed E-state index contributed by atoms with van der Waals surface area (Å²) in [5.74, 6) is 0.486. The fourth-order valence-corrected chi connectivity index (χ4v) is 3.93. The molecule has 2 heterocycles. The summed E-state index contributed by atoms with van der Waals surface area (Å²) in [7, 11) is 0. The van der Waals surface area contributed by atoms with Crippen molar-refractivity contribution in [1.82, 2.24) is 15.3 Å². The number of imidazole rings is 1. The maximum atomic E-state index is 10.5. The molecule has 1 aliphatic rings. The Morgan fingerprint density at radius 1 is 1.26 bits per heavy atom. The van der Waals surface area contributed by atoms with Crippen LogP contribution in [0.2, 0.25) is 0 Å². The van der Waals surface area contributed by atoms with Gasteiger partial charge in [-0.25, -0.2) is 4.98 Å². The van der Waals surface area contributed by atoms with E-state index >= 15 is 0 Å². The number of H-pyrrole nitrogens is 1. The number of aromatic amines is 1. The summed E-state index contributed by atoms with van der Waals surface area (Å²) in [6.45, 7) is 4.02. The van der Waals surface area contributed by atoms with Crippen LogP contribution < -0.4 is 10.2 Å². The third-order valence-electron chi connectivity index (χ3n) is 5.58. The van der Waals surface area contributed by atoms with Crippen LogP contribution >= 0.6 is 0 Å². The molecule has 0 spiro atoms. The number of nitrogens with zero attached hydrogens (tertiary/aromatic N) is 2. The first kappa shape index (κ1) is 17.7. The second kappa shape index (κ2) is 7.92. The summed E-state index contributed by atoms with van der Waals surface area (Å²) in [6, 6.07) is 15.7. The Labute approximate surface area is 159 Å². The van der Waals surface area contributed by atoms with Gasteiger partial charge in [0.25, 0.3) is 0 Å². The number of rotatable bonds is 7. The molecule has 1 aliphatic heterocycles. The molecule has 3 aromatic rings. The highest BCUT2D eigenvalue weighted by atomic mass is 16.1. The number of unbranched alkanes of at least 4 members (excludes halogenated alkanes) is 1. The molecule has 5 nitrogen and oxygen atoms in total. The van der Waals surface area contributed by atoms with Gasteiger partial charge in [0.05, 0.1) is 30.1 Å². The number of carbonyl (C=O) groups excluding carboxylic acids is 1. The lowest BCUT2D eigenvalue weighted by atomic mass is 9.93. The molecule has 0 aliphatic carbocycles. The Bertz CT molecular complexity index is 902. The average Bonchev–Trinajstić information content (AvgIpc) is 3.37. The van der Waals surface area contributed by atoms with Gasteiger partial charge in [0.2, 0.25) is 0 Å². The molecule has 1 saturated heterocycles. The zero-order chi connectivity index (χ0) is 18.6. The average molecular weight is 362 g/mol. The highest BCUT2D eigenvalue weighted by molar-refractivity contribution is 5.79.